The maximum Gasteiger partial charge on any atom is 0.227 e. The van der Waals surface area contributed by atoms with Crippen LogP contribution in [-0.2, 0) is 6.54 Å². The zero-order valence-corrected chi connectivity index (χ0v) is 16.5. The monoisotopic (exact) mass is 385 g/mol. The minimum absolute atomic E-state index is 0.293. The van der Waals surface area contributed by atoms with Crippen LogP contribution in [0.25, 0.3) is 0 Å². The number of hydrogen-bond acceptors (Lipinski definition) is 6. The fourth-order valence-electron chi connectivity index (χ4n) is 3.96. The van der Waals surface area contributed by atoms with Crippen LogP contribution in [0, 0.1) is 5.82 Å². The Bertz CT molecular complexity index is 788. The molecule has 6 nitrogen and oxygen atoms in total. The van der Waals surface area contributed by atoms with Gasteiger partial charge in [0.1, 0.15) is 5.82 Å². The van der Waals surface area contributed by atoms with Crippen molar-refractivity contribution in [2.24, 2.45) is 0 Å². The minimum atomic E-state index is -0.301. The number of nitrogens with zero attached hydrogens (tertiary/aromatic N) is 5. The molecule has 2 aliphatic heterocycles. The van der Waals surface area contributed by atoms with Crippen LogP contribution >= 0.6 is 0 Å². The molecule has 2 aromatic rings. The molecular weight excluding hydrogens is 357 g/mol. The molecule has 0 bridgehead atoms. The van der Waals surface area contributed by atoms with E-state index in [1.54, 1.807) is 12.1 Å². The van der Waals surface area contributed by atoms with Gasteiger partial charge in [-0.1, -0.05) is 6.07 Å². The lowest BCUT2D eigenvalue weighted by molar-refractivity contribution is 0.249. The Hall–Kier alpha value is -2.41. The summed E-state index contributed by atoms with van der Waals surface area (Å²) in [7, 11) is 1.49. The Morgan fingerprint density at radius 1 is 0.964 bits per heavy atom. The molecule has 0 N–H and O–H groups in total. The predicted molar refractivity (Wildman–Crippen MR) is 109 cm³/mol. The first kappa shape index (κ1) is 18.9. The van der Waals surface area contributed by atoms with E-state index in [0.717, 1.165) is 63.1 Å². The lowest BCUT2D eigenvalue weighted by Crippen LogP contribution is -2.46. The molecule has 1 aromatic heterocycles. The first-order valence-corrected chi connectivity index (χ1v) is 10.1. The third kappa shape index (κ3) is 4.35. The number of anilines is 2. The molecule has 0 unspecified atom stereocenters. The van der Waals surface area contributed by atoms with E-state index in [9.17, 15) is 4.39 Å². The predicted octanol–water partition coefficient (Wildman–Crippen LogP) is 2.94. The van der Waals surface area contributed by atoms with E-state index in [0.29, 0.717) is 5.75 Å². The normalized spacial score (nSPS) is 18.4. The molecule has 0 radical (unpaired) electrons. The number of piperidine rings is 1. The smallest absolute Gasteiger partial charge is 0.227 e. The summed E-state index contributed by atoms with van der Waals surface area (Å²) >= 11 is 0. The van der Waals surface area contributed by atoms with Gasteiger partial charge in [0.15, 0.2) is 11.6 Å². The second kappa shape index (κ2) is 8.73. The van der Waals surface area contributed by atoms with Gasteiger partial charge in [-0.3, -0.25) is 4.90 Å². The molecule has 0 saturated carbocycles. The van der Waals surface area contributed by atoms with Crippen LogP contribution in [0.3, 0.4) is 0 Å². The number of benzene rings is 1. The van der Waals surface area contributed by atoms with Crippen molar-refractivity contribution in [1.29, 1.82) is 0 Å². The average molecular weight is 385 g/mol. The van der Waals surface area contributed by atoms with Gasteiger partial charge in [-0.25, -0.2) is 9.37 Å². The van der Waals surface area contributed by atoms with Crippen LogP contribution in [0.2, 0.25) is 0 Å². The van der Waals surface area contributed by atoms with E-state index in [1.165, 1.54) is 26.4 Å². The molecule has 4 rings (SSSR count). The number of aromatic nitrogens is 2. The third-order valence-electron chi connectivity index (χ3n) is 5.59. The number of hydrogen-bond donors (Lipinski definition) is 0. The number of ether oxygens (including phenoxy) is 1. The standard InChI is InChI=1S/C21H28FN5O/c1-28-19-6-5-17(15-18(19)22)16-25-11-13-26(14-12-25)20-7-8-23-21(24-20)27-9-3-2-4-10-27/h5-8,15H,2-4,9-14,16H2,1H3. The zero-order chi connectivity index (χ0) is 19.3. The van der Waals surface area contributed by atoms with Crippen LogP contribution in [0.4, 0.5) is 16.2 Å². The molecule has 28 heavy (non-hydrogen) atoms. The van der Waals surface area contributed by atoms with Crippen LogP contribution < -0.4 is 14.5 Å². The van der Waals surface area contributed by atoms with Gasteiger partial charge in [0.25, 0.3) is 0 Å². The lowest BCUT2D eigenvalue weighted by atomic mass is 10.1. The molecule has 0 atom stereocenters. The quantitative estimate of drug-likeness (QED) is 0.789. The van der Waals surface area contributed by atoms with Gasteiger partial charge in [0.05, 0.1) is 7.11 Å². The van der Waals surface area contributed by atoms with Crippen LogP contribution in [0.1, 0.15) is 24.8 Å². The lowest BCUT2D eigenvalue weighted by Gasteiger charge is -2.36. The number of rotatable bonds is 5. The van der Waals surface area contributed by atoms with Gasteiger partial charge < -0.3 is 14.5 Å². The van der Waals surface area contributed by atoms with Gasteiger partial charge in [0.2, 0.25) is 5.95 Å². The van der Waals surface area contributed by atoms with Crippen molar-refractivity contribution in [3.63, 3.8) is 0 Å². The first-order valence-electron chi connectivity index (χ1n) is 10.1. The summed E-state index contributed by atoms with van der Waals surface area (Å²) in [6.07, 6.45) is 5.62. The van der Waals surface area contributed by atoms with E-state index in [4.69, 9.17) is 9.72 Å². The highest BCUT2D eigenvalue weighted by molar-refractivity contribution is 5.44. The van der Waals surface area contributed by atoms with Gasteiger partial charge in [-0.05, 0) is 43.0 Å². The largest absolute Gasteiger partial charge is 0.494 e. The highest BCUT2D eigenvalue weighted by Gasteiger charge is 2.20. The number of methoxy groups -OCH3 is 1. The van der Waals surface area contributed by atoms with Crippen LogP contribution in [0.15, 0.2) is 30.5 Å². The zero-order valence-electron chi connectivity index (χ0n) is 16.5. The van der Waals surface area contributed by atoms with Gasteiger partial charge >= 0.3 is 0 Å². The molecule has 7 heteroatoms. The first-order chi connectivity index (χ1) is 13.7. The molecule has 3 heterocycles. The van der Waals surface area contributed by atoms with Crippen LogP contribution in [-0.4, -0.2) is 61.2 Å². The van der Waals surface area contributed by atoms with Gasteiger partial charge in [0, 0.05) is 52.0 Å². The van der Waals surface area contributed by atoms with E-state index in [2.05, 4.69) is 19.7 Å². The molecule has 0 aliphatic carbocycles. The van der Waals surface area contributed by atoms with E-state index >= 15 is 0 Å². The summed E-state index contributed by atoms with van der Waals surface area (Å²) in [4.78, 5) is 16.3. The highest BCUT2D eigenvalue weighted by atomic mass is 19.1. The van der Waals surface area contributed by atoms with Crippen molar-refractivity contribution >= 4 is 11.8 Å². The highest BCUT2D eigenvalue weighted by Crippen LogP contribution is 2.22. The second-order valence-electron chi connectivity index (χ2n) is 7.49. The van der Waals surface area contributed by atoms with Gasteiger partial charge in [-0.15, -0.1) is 0 Å². The molecule has 2 aliphatic rings. The van der Waals surface area contributed by atoms with Crippen LogP contribution in [0.5, 0.6) is 5.75 Å². The van der Waals surface area contributed by atoms with Crippen molar-refractivity contribution < 1.29 is 9.13 Å². The molecule has 1 aromatic carbocycles. The Morgan fingerprint density at radius 3 is 2.46 bits per heavy atom. The number of piperazine rings is 1. The van der Waals surface area contributed by atoms with Crippen molar-refractivity contribution in [2.45, 2.75) is 25.8 Å². The molecule has 0 spiro atoms. The summed E-state index contributed by atoms with van der Waals surface area (Å²) in [6, 6.07) is 7.20. The van der Waals surface area contributed by atoms with E-state index in [1.807, 2.05) is 18.3 Å². The third-order valence-corrected chi connectivity index (χ3v) is 5.59. The summed E-state index contributed by atoms with van der Waals surface area (Å²) in [5, 5.41) is 0. The summed E-state index contributed by atoms with van der Waals surface area (Å²) in [5.41, 5.74) is 0.973. The Morgan fingerprint density at radius 2 is 1.75 bits per heavy atom. The molecular formula is C21H28FN5O. The fraction of sp³-hybridized carbons (Fsp3) is 0.524. The van der Waals surface area contributed by atoms with Gasteiger partial charge in [-0.2, -0.15) is 4.98 Å². The maximum absolute atomic E-state index is 13.9. The van der Waals surface area contributed by atoms with Crippen molar-refractivity contribution in [2.75, 3.05) is 56.2 Å². The summed E-state index contributed by atoms with van der Waals surface area (Å²) < 4.78 is 18.9. The summed E-state index contributed by atoms with van der Waals surface area (Å²) in [6.45, 7) is 6.53. The Kier molecular flexibility index (Phi) is 5.90. The second-order valence-corrected chi connectivity index (χ2v) is 7.49. The minimum Gasteiger partial charge on any atom is -0.494 e. The molecule has 2 saturated heterocycles. The summed E-state index contributed by atoms with van der Waals surface area (Å²) in [5.74, 6) is 1.85. The Balaban J connectivity index is 1.34. The number of halogens is 1. The van der Waals surface area contributed by atoms with Crippen molar-refractivity contribution in [3.8, 4) is 5.75 Å². The SMILES string of the molecule is COc1ccc(CN2CCN(c3ccnc(N4CCCCC4)n3)CC2)cc1F. The topological polar surface area (TPSA) is 44.7 Å². The average Bonchev–Trinajstić information content (AvgIpc) is 2.75. The molecule has 2 fully saturated rings. The van der Waals surface area contributed by atoms with E-state index in [-0.39, 0.29) is 5.82 Å². The molecule has 0 amide bonds. The van der Waals surface area contributed by atoms with Crippen molar-refractivity contribution in [3.05, 3.63) is 41.8 Å². The Labute approximate surface area is 165 Å². The maximum atomic E-state index is 13.9. The fourth-order valence-corrected chi connectivity index (χ4v) is 3.96. The molecule has 150 valence electrons. The van der Waals surface area contributed by atoms with E-state index < -0.39 is 0 Å². The van der Waals surface area contributed by atoms with Crippen molar-refractivity contribution in [1.82, 2.24) is 14.9 Å².